The third-order valence-corrected chi connectivity index (χ3v) is 7.65. The monoisotopic (exact) mass is 350 g/mol. The van der Waals surface area contributed by atoms with Crippen molar-refractivity contribution in [3.05, 3.63) is 18.3 Å². The Morgan fingerprint density at radius 3 is 2.42 bits per heavy atom. The predicted octanol–water partition coefficient (Wildman–Crippen LogP) is 1.40. The summed E-state index contributed by atoms with van der Waals surface area (Å²) in [4.78, 5) is 9.27. The molecule has 7 heteroatoms. The van der Waals surface area contributed by atoms with Gasteiger partial charge in [-0.1, -0.05) is 0 Å². The molecule has 0 aromatic carbocycles. The highest BCUT2D eigenvalue weighted by molar-refractivity contribution is 7.89. The zero-order valence-corrected chi connectivity index (χ0v) is 15.1. The number of rotatable bonds is 3. The number of hydrogen-bond acceptors (Lipinski definition) is 5. The number of aromatic nitrogens is 1. The van der Waals surface area contributed by atoms with Crippen molar-refractivity contribution in [1.82, 2.24) is 14.2 Å². The normalized spacial score (nSPS) is 25.1. The molecule has 2 aliphatic heterocycles. The van der Waals surface area contributed by atoms with Crippen LogP contribution in [0.15, 0.2) is 23.2 Å². The smallest absolute Gasteiger partial charge is 0.244 e. The fourth-order valence-electron chi connectivity index (χ4n) is 3.88. The van der Waals surface area contributed by atoms with Crippen molar-refractivity contribution in [3.63, 3.8) is 0 Å². The standard InChI is InChI=1S/C17H26N4O2S/c1-19-9-11-21(12-10-19)24(22,23)15-3-4-16(18-13-15)20-8-2-5-17(14-20)6-7-17/h3-4,13H,2,5-12,14H2,1H3. The van der Waals surface area contributed by atoms with Crippen molar-refractivity contribution >= 4 is 15.8 Å². The van der Waals surface area contributed by atoms with Gasteiger partial charge in [0.05, 0.1) is 0 Å². The van der Waals surface area contributed by atoms with Gasteiger partial charge in [-0.05, 0) is 50.3 Å². The summed E-state index contributed by atoms with van der Waals surface area (Å²) in [6.45, 7) is 4.76. The van der Waals surface area contributed by atoms with Gasteiger partial charge in [0.2, 0.25) is 10.0 Å². The van der Waals surface area contributed by atoms with Crippen molar-refractivity contribution in [2.24, 2.45) is 5.41 Å². The summed E-state index contributed by atoms with van der Waals surface area (Å²) in [6, 6.07) is 3.61. The Morgan fingerprint density at radius 1 is 1.04 bits per heavy atom. The number of nitrogens with zero attached hydrogens (tertiary/aromatic N) is 4. The highest BCUT2D eigenvalue weighted by atomic mass is 32.2. The van der Waals surface area contributed by atoms with Crippen LogP contribution in [-0.2, 0) is 10.0 Å². The molecule has 0 atom stereocenters. The molecule has 1 saturated carbocycles. The van der Waals surface area contributed by atoms with Gasteiger partial charge in [-0.2, -0.15) is 4.31 Å². The minimum absolute atomic E-state index is 0.314. The van der Waals surface area contributed by atoms with E-state index in [4.69, 9.17) is 0 Å². The van der Waals surface area contributed by atoms with Crippen LogP contribution in [-0.4, -0.2) is 68.9 Å². The number of hydrogen-bond donors (Lipinski definition) is 0. The van der Waals surface area contributed by atoms with Crippen LogP contribution in [0.4, 0.5) is 5.82 Å². The van der Waals surface area contributed by atoms with Gasteiger partial charge in [-0.15, -0.1) is 0 Å². The number of pyridine rings is 1. The van der Waals surface area contributed by atoms with E-state index in [0.29, 0.717) is 23.4 Å². The van der Waals surface area contributed by atoms with Crippen LogP contribution >= 0.6 is 0 Å². The molecule has 1 aromatic heterocycles. The van der Waals surface area contributed by atoms with Gasteiger partial charge in [-0.3, -0.25) is 0 Å². The maximum absolute atomic E-state index is 12.7. The molecule has 132 valence electrons. The summed E-state index contributed by atoms with van der Waals surface area (Å²) < 4.78 is 27.1. The van der Waals surface area contributed by atoms with E-state index in [-0.39, 0.29) is 0 Å². The average molecular weight is 350 g/mol. The lowest BCUT2D eigenvalue weighted by Crippen LogP contribution is -2.47. The number of sulfonamides is 1. The van der Waals surface area contributed by atoms with Crippen LogP contribution in [0.1, 0.15) is 25.7 Å². The quantitative estimate of drug-likeness (QED) is 0.825. The van der Waals surface area contributed by atoms with E-state index in [1.54, 1.807) is 10.4 Å². The summed E-state index contributed by atoms with van der Waals surface area (Å²) >= 11 is 0. The molecule has 0 unspecified atom stereocenters. The molecule has 4 rings (SSSR count). The van der Waals surface area contributed by atoms with E-state index in [1.165, 1.54) is 31.9 Å². The van der Waals surface area contributed by atoms with E-state index < -0.39 is 10.0 Å². The molecule has 2 saturated heterocycles. The summed E-state index contributed by atoms with van der Waals surface area (Å²) in [5.74, 6) is 0.915. The first kappa shape index (κ1) is 16.3. The van der Waals surface area contributed by atoms with Crippen molar-refractivity contribution in [1.29, 1.82) is 0 Å². The largest absolute Gasteiger partial charge is 0.356 e. The maximum atomic E-state index is 12.7. The second-order valence-electron chi connectivity index (χ2n) is 7.58. The number of piperazine rings is 1. The minimum atomic E-state index is -3.42. The number of likely N-dealkylation sites (N-methyl/N-ethyl adjacent to an activating group) is 1. The zero-order chi connectivity index (χ0) is 16.8. The topological polar surface area (TPSA) is 56.8 Å². The second kappa shape index (κ2) is 5.97. The van der Waals surface area contributed by atoms with Gasteiger partial charge in [0.25, 0.3) is 0 Å². The molecular formula is C17H26N4O2S. The number of anilines is 1. The Labute approximate surface area is 144 Å². The van der Waals surface area contributed by atoms with Gasteiger partial charge in [0, 0.05) is 45.5 Å². The lowest BCUT2D eigenvalue weighted by atomic mass is 9.95. The number of piperidine rings is 1. The van der Waals surface area contributed by atoms with E-state index in [0.717, 1.165) is 32.0 Å². The summed E-state index contributed by atoms with van der Waals surface area (Å²) in [6.07, 6.45) is 6.75. The lowest BCUT2D eigenvalue weighted by Gasteiger charge is -2.34. The van der Waals surface area contributed by atoms with E-state index in [9.17, 15) is 8.42 Å². The molecular weight excluding hydrogens is 324 g/mol. The van der Waals surface area contributed by atoms with Crippen molar-refractivity contribution in [2.45, 2.75) is 30.6 Å². The average Bonchev–Trinajstić information content (AvgIpc) is 3.34. The first-order valence-corrected chi connectivity index (χ1v) is 10.3. The van der Waals surface area contributed by atoms with Gasteiger partial charge in [-0.25, -0.2) is 13.4 Å². The van der Waals surface area contributed by atoms with Crippen molar-refractivity contribution in [3.8, 4) is 0 Å². The molecule has 0 amide bonds. The Morgan fingerprint density at radius 2 is 1.79 bits per heavy atom. The van der Waals surface area contributed by atoms with Gasteiger partial charge in [0.1, 0.15) is 10.7 Å². The molecule has 3 aliphatic rings. The molecule has 24 heavy (non-hydrogen) atoms. The van der Waals surface area contributed by atoms with Crippen LogP contribution < -0.4 is 4.90 Å². The molecule has 3 heterocycles. The molecule has 1 aliphatic carbocycles. The Balaban J connectivity index is 1.49. The second-order valence-corrected chi connectivity index (χ2v) is 9.52. The predicted molar refractivity (Wildman–Crippen MR) is 93.6 cm³/mol. The highest BCUT2D eigenvalue weighted by Gasteiger charge is 2.45. The van der Waals surface area contributed by atoms with Crippen LogP contribution in [0.2, 0.25) is 0 Å². The molecule has 1 spiro atoms. The van der Waals surface area contributed by atoms with Crippen LogP contribution in [0.5, 0.6) is 0 Å². The third kappa shape index (κ3) is 3.05. The molecule has 0 radical (unpaired) electrons. The minimum Gasteiger partial charge on any atom is -0.356 e. The van der Waals surface area contributed by atoms with Gasteiger partial charge < -0.3 is 9.80 Å². The Kier molecular flexibility index (Phi) is 4.05. The fourth-order valence-corrected chi connectivity index (χ4v) is 5.25. The Hall–Kier alpha value is -1.18. The van der Waals surface area contributed by atoms with Crippen LogP contribution in [0, 0.1) is 5.41 Å². The molecule has 6 nitrogen and oxygen atoms in total. The van der Waals surface area contributed by atoms with E-state index >= 15 is 0 Å². The van der Waals surface area contributed by atoms with E-state index in [1.807, 2.05) is 13.1 Å². The third-order valence-electron chi connectivity index (χ3n) is 5.76. The van der Waals surface area contributed by atoms with Crippen LogP contribution in [0.25, 0.3) is 0 Å². The fraction of sp³-hybridized carbons (Fsp3) is 0.706. The van der Waals surface area contributed by atoms with E-state index in [2.05, 4.69) is 14.8 Å². The summed E-state index contributed by atoms with van der Waals surface area (Å²) in [5, 5.41) is 0. The lowest BCUT2D eigenvalue weighted by molar-refractivity contribution is 0.222. The van der Waals surface area contributed by atoms with Gasteiger partial charge in [0.15, 0.2) is 0 Å². The van der Waals surface area contributed by atoms with Crippen LogP contribution in [0.3, 0.4) is 0 Å². The summed E-state index contributed by atoms with van der Waals surface area (Å²) in [7, 11) is -1.40. The first-order valence-electron chi connectivity index (χ1n) is 8.88. The Bertz CT molecular complexity index is 692. The first-order chi connectivity index (χ1) is 11.5. The van der Waals surface area contributed by atoms with Gasteiger partial charge >= 0.3 is 0 Å². The summed E-state index contributed by atoms with van der Waals surface area (Å²) in [5.41, 5.74) is 0.532. The maximum Gasteiger partial charge on any atom is 0.244 e. The molecule has 0 bridgehead atoms. The molecule has 1 aromatic rings. The van der Waals surface area contributed by atoms with Crippen molar-refractivity contribution in [2.75, 3.05) is 51.2 Å². The highest BCUT2D eigenvalue weighted by Crippen LogP contribution is 2.52. The SMILES string of the molecule is CN1CCN(S(=O)(=O)c2ccc(N3CCCC4(CC4)C3)nc2)CC1. The molecule has 0 N–H and O–H groups in total. The molecule has 3 fully saturated rings. The van der Waals surface area contributed by atoms with Crippen molar-refractivity contribution < 1.29 is 8.42 Å². The zero-order valence-electron chi connectivity index (χ0n) is 14.3.